The summed E-state index contributed by atoms with van der Waals surface area (Å²) in [6.07, 6.45) is 6.18. The number of nitrogens with zero attached hydrogens (tertiary/aromatic N) is 1. The van der Waals surface area contributed by atoms with Crippen LogP contribution in [0, 0.1) is 0 Å². The largest absolute Gasteiger partial charge is 0.481 e. The molecule has 0 amide bonds. The van der Waals surface area contributed by atoms with Crippen LogP contribution in [-0.2, 0) is 9.53 Å². The van der Waals surface area contributed by atoms with E-state index < -0.39 is 5.97 Å². The van der Waals surface area contributed by atoms with E-state index in [4.69, 9.17) is 9.84 Å². The van der Waals surface area contributed by atoms with Crippen LogP contribution in [0.1, 0.15) is 38.5 Å². The van der Waals surface area contributed by atoms with Gasteiger partial charge in [-0.15, -0.1) is 0 Å². The van der Waals surface area contributed by atoms with Crippen molar-refractivity contribution >= 4 is 17.7 Å². The minimum absolute atomic E-state index is 0.154. The average Bonchev–Trinajstić information content (AvgIpc) is 2.37. The fraction of sp³-hybridized carbons (Fsp3) is 0.929. The first-order valence-electron chi connectivity index (χ1n) is 7.38. The van der Waals surface area contributed by atoms with E-state index in [1.807, 2.05) is 11.8 Å². The molecule has 0 bridgehead atoms. The van der Waals surface area contributed by atoms with Gasteiger partial charge in [0.05, 0.1) is 12.0 Å². The predicted molar refractivity (Wildman–Crippen MR) is 75.6 cm³/mol. The molecule has 0 aromatic heterocycles. The van der Waals surface area contributed by atoms with Crippen molar-refractivity contribution < 1.29 is 14.6 Å². The Bertz CT molecular complexity index is 346. The Hall–Kier alpha value is -0.260. The second-order valence-corrected chi connectivity index (χ2v) is 7.25. The zero-order valence-electron chi connectivity index (χ0n) is 11.3. The van der Waals surface area contributed by atoms with Crippen LogP contribution in [0.5, 0.6) is 0 Å². The van der Waals surface area contributed by atoms with Crippen molar-refractivity contribution in [1.29, 1.82) is 0 Å². The average molecular weight is 285 g/mol. The number of rotatable bonds is 3. The lowest BCUT2D eigenvalue weighted by Gasteiger charge is -2.51. The normalized spacial score (nSPS) is 34.9. The summed E-state index contributed by atoms with van der Waals surface area (Å²) in [4.78, 5) is 13.5. The Morgan fingerprint density at radius 3 is 3.00 bits per heavy atom. The van der Waals surface area contributed by atoms with Crippen molar-refractivity contribution in [3.63, 3.8) is 0 Å². The zero-order chi connectivity index (χ0) is 13.3. The summed E-state index contributed by atoms with van der Waals surface area (Å²) in [7, 11) is 0. The number of ether oxygens (including phenoxy) is 1. The number of carbonyl (C=O) groups is 1. The van der Waals surface area contributed by atoms with Crippen molar-refractivity contribution in [2.75, 3.05) is 24.7 Å². The van der Waals surface area contributed by atoms with Crippen LogP contribution in [0.3, 0.4) is 0 Å². The van der Waals surface area contributed by atoms with Gasteiger partial charge in [0.25, 0.3) is 0 Å². The van der Waals surface area contributed by atoms with E-state index in [2.05, 4.69) is 4.90 Å². The molecule has 2 unspecified atom stereocenters. The lowest BCUT2D eigenvalue weighted by molar-refractivity contribution is -0.153. The second-order valence-electron chi connectivity index (χ2n) is 6.10. The molecular formula is C14H23NO3S. The molecule has 3 rings (SSSR count). The van der Waals surface area contributed by atoms with Crippen LogP contribution in [0.4, 0.5) is 0 Å². The molecule has 0 aromatic carbocycles. The van der Waals surface area contributed by atoms with Crippen molar-refractivity contribution in [2.45, 2.75) is 56.2 Å². The maximum atomic E-state index is 11.0. The van der Waals surface area contributed by atoms with Gasteiger partial charge in [-0.25, -0.2) is 0 Å². The van der Waals surface area contributed by atoms with Crippen molar-refractivity contribution in [3.8, 4) is 0 Å². The van der Waals surface area contributed by atoms with Crippen LogP contribution in [-0.4, -0.2) is 58.3 Å². The van der Waals surface area contributed by atoms with Gasteiger partial charge in [-0.3, -0.25) is 9.69 Å². The van der Waals surface area contributed by atoms with Crippen LogP contribution < -0.4 is 0 Å². The van der Waals surface area contributed by atoms with E-state index in [-0.39, 0.29) is 18.1 Å². The maximum absolute atomic E-state index is 11.0. The number of carboxylic acids is 1. The van der Waals surface area contributed by atoms with Crippen molar-refractivity contribution in [3.05, 3.63) is 0 Å². The van der Waals surface area contributed by atoms with Gasteiger partial charge in [0.15, 0.2) is 0 Å². The third kappa shape index (κ3) is 2.93. The molecule has 2 heterocycles. The van der Waals surface area contributed by atoms with E-state index in [9.17, 15) is 4.79 Å². The summed E-state index contributed by atoms with van der Waals surface area (Å²) in [5.41, 5.74) is 0.154. The Morgan fingerprint density at radius 2 is 2.32 bits per heavy atom. The summed E-state index contributed by atoms with van der Waals surface area (Å²) in [6.45, 7) is 1.90. The molecule has 3 fully saturated rings. The van der Waals surface area contributed by atoms with Crippen molar-refractivity contribution in [2.24, 2.45) is 0 Å². The van der Waals surface area contributed by atoms with Crippen LogP contribution >= 0.6 is 11.8 Å². The molecule has 1 N–H and O–H groups in total. The summed E-state index contributed by atoms with van der Waals surface area (Å²) >= 11 is 1.90. The molecule has 19 heavy (non-hydrogen) atoms. The fourth-order valence-corrected chi connectivity index (χ4v) is 4.82. The van der Waals surface area contributed by atoms with E-state index in [0.29, 0.717) is 6.04 Å². The minimum atomic E-state index is -0.664. The van der Waals surface area contributed by atoms with Crippen LogP contribution in [0.25, 0.3) is 0 Å². The summed E-state index contributed by atoms with van der Waals surface area (Å²) in [5, 5.41) is 9.08. The summed E-state index contributed by atoms with van der Waals surface area (Å²) in [6, 6.07) is 0.760. The fourth-order valence-electron chi connectivity index (χ4n) is 3.73. The molecule has 1 aliphatic carbocycles. The number of hydrogen-bond acceptors (Lipinski definition) is 4. The molecule has 1 saturated carbocycles. The first-order valence-corrected chi connectivity index (χ1v) is 8.53. The number of hydrogen-bond donors (Lipinski definition) is 1. The Morgan fingerprint density at radius 1 is 1.47 bits per heavy atom. The SMILES string of the molecule is O=C(O)CC1CSCCN1C1CCOC2(CCC2)C1. The Labute approximate surface area is 118 Å². The molecule has 0 aromatic rings. The first kappa shape index (κ1) is 13.7. The molecule has 0 radical (unpaired) electrons. The lowest BCUT2D eigenvalue weighted by Crippen LogP contribution is -2.56. The highest BCUT2D eigenvalue weighted by Crippen LogP contribution is 2.44. The van der Waals surface area contributed by atoms with Crippen LogP contribution in [0.2, 0.25) is 0 Å². The van der Waals surface area contributed by atoms with E-state index in [1.54, 1.807) is 0 Å². The Kier molecular flexibility index (Phi) is 4.06. The third-order valence-corrected chi connectivity index (χ3v) is 5.98. The minimum Gasteiger partial charge on any atom is -0.481 e. The molecule has 108 valence electrons. The van der Waals surface area contributed by atoms with E-state index >= 15 is 0 Å². The Balaban J connectivity index is 1.66. The monoisotopic (exact) mass is 285 g/mol. The second kappa shape index (κ2) is 5.62. The zero-order valence-corrected chi connectivity index (χ0v) is 12.2. The molecule has 2 saturated heterocycles. The molecule has 4 nitrogen and oxygen atoms in total. The molecule has 2 aliphatic heterocycles. The number of carboxylic acid groups (broad SMARTS) is 1. The molecule has 3 aliphatic rings. The summed E-state index contributed by atoms with van der Waals surface area (Å²) in [5.74, 6) is 1.44. The molecule has 5 heteroatoms. The van der Waals surface area contributed by atoms with Gasteiger partial charge < -0.3 is 9.84 Å². The predicted octanol–water partition coefficient (Wildman–Crippen LogP) is 1.98. The molecule has 1 spiro atoms. The van der Waals surface area contributed by atoms with Gasteiger partial charge >= 0.3 is 5.97 Å². The smallest absolute Gasteiger partial charge is 0.304 e. The van der Waals surface area contributed by atoms with Gasteiger partial charge in [-0.05, 0) is 32.1 Å². The third-order valence-electron chi connectivity index (χ3n) is 4.88. The van der Waals surface area contributed by atoms with Gasteiger partial charge in [0.1, 0.15) is 0 Å². The van der Waals surface area contributed by atoms with Gasteiger partial charge in [-0.1, -0.05) is 0 Å². The highest BCUT2D eigenvalue weighted by Gasteiger charge is 2.45. The van der Waals surface area contributed by atoms with Gasteiger partial charge in [-0.2, -0.15) is 11.8 Å². The van der Waals surface area contributed by atoms with E-state index in [1.165, 1.54) is 19.3 Å². The lowest BCUT2D eigenvalue weighted by atomic mass is 9.73. The standard InChI is InChI=1S/C14H23NO3S/c16-13(17)8-12-10-19-7-5-15(12)11-2-6-18-14(9-11)3-1-4-14/h11-12H,1-10H2,(H,16,17). The maximum Gasteiger partial charge on any atom is 0.304 e. The first-order chi connectivity index (χ1) is 9.19. The van der Waals surface area contributed by atoms with Crippen LogP contribution in [0.15, 0.2) is 0 Å². The summed E-state index contributed by atoms with van der Waals surface area (Å²) < 4.78 is 5.99. The number of aliphatic carboxylic acids is 1. The van der Waals surface area contributed by atoms with E-state index in [0.717, 1.165) is 37.5 Å². The van der Waals surface area contributed by atoms with Gasteiger partial charge in [0.2, 0.25) is 0 Å². The topological polar surface area (TPSA) is 49.8 Å². The highest BCUT2D eigenvalue weighted by molar-refractivity contribution is 7.99. The van der Waals surface area contributed by atoms with Gasteiger partial charge in [0, 0.05) is 36.7 Å². The quantitative estimate of drug-likeness (QED) is 0.859. The number of thioether (sulfide) groups is 1. The molecular weight excluding hydrogens is 262 g/mol. The molecule has 2 atom stereocenters. The van der Waals surface area contributed by atoms with Crippen molar-refractivity contribution in [1.82, 2.24) is 4.90 Å². The highest BCUT2D eigenvalue weighted by atomic mass is 32.2.